The highest BCUT2D eigenvalue weighted by Gasteiger charge is 2.35. The number of halogens is 1. The van der Waals surface area contributed by atoms with Gasteiger partial charge in [0.2, 0.25) is 5.91 Å². The first-order chi connectivity index (χ1) is 13.5. The van der Waals surface area contributed by atoms with Crippen LogP contribution >= 0.6 is 35.6 Å². The molecule has 2 aliphatic heterocycles. The Bertz CT molecular complexity index is 978. The molecule has 2 aromatic rings. The maximum Gasteiger partial charge on any atom is 0.250 e. The van der Waals surface area contributed by atoms with E-state index in [0.29, 0.717) is 22.5 Å². The van der Waals surface area contributed by atoms with Crippen LogP contribution in [0.1, 0.15) is 18.0 Å². The number of pyridine rings is 1. The van der Waals surface area contributed by atoms with Gasteiger partial charge in [0.1, 0.15) is 4.32 Å². The average molecular weight is 434 g/mol. The van der Waals surface area contributed by atoms with Gasteiger partial charge >= 0.3 is 0 Å². The van der Waals surface area contributed by atoms with E-state index in [1.807, 2.05) is 28.8 Å². The molecule has 1 aromatic carbocycles. The summed E-state index contributed by atoms with van der Waals surface area (Å²) in [6.07, 6.45) is 1.08. The molecule has 146 valence electrons. The summed E-state index contributed by atoms with van der Waals surface area (Å²) in [5, 5.41) is 3.33. The summed E-state index contributed by atoms with van der Waals surface area (Å²) in [7, 11) is 0. The molecule has 4 rings (SSSR count). The Kier molecular flexibility index (Phi) is 5.75. The Hall–Kier alpha value is -1.83. The summed E-state index contributed by atoms with van der Waals surface area (Å²) in [6.45, 7) is 2.36. The normalized spacial score (nSPS) is 20.4. The van der Waals surface area contributed by atoms with E-state index >= 15 is 0 Å². The lowest BCUT2D eigenvalue weighted by Gasteiger charge is -2.43. The van der Waals surface area contributed by atoms with Crippen LogP contribution in [0, 0.1) is 5.92 Å². The predicted octanol–water partition coefficient (Wildman–Crippen LogP) is 3.58. The van der Waals surface area contributed by atoms with Gasteiger partial charge in [0.15, 0.2) is 0 Å². The Labute approximate surface area is 178 Å². The van der Waals surface area contributed by atoms with Gasteiger partial charge in [0.25, 0.3) is 5.56 Å². The number of carbonyl (C=O) groups is 1. The molecule has 3 heterocycles. The second-order valence-electron chi connectivity index (χ2n) is 7.19. The molecule has 8 heteroatoms. The quantitative estimate of drug-likeness (QED) is 0.750. The van der Waals surface area contributed by atoms with Crippen molar-refractivity contribution < 1.29 is 4.79 Å². The van der Waals surface area contributed by atoms with Gasteiger partial charge in [-0.3, -0.25) is 9.59 Å². The first-order valence-corrected chi connectivity index (χ1v) is 10.9. The molecule has 1 amide bonds. The number of thiocarbonyl (C=S) groups is 1. The number of piperidine rings is 1. The Morgan fingerprint density at radius 1 is 1.18 bits per heavy atom. The second kappa shape index (κ2) is 8.27. The maximum atomic E-state index is 12.2. The minimum absolute atomic E-state index is 0.0776. The van der Waals surface area contributed by atoms with Crippen LogP contribution in [0.3, 0.4) is 0 Å². The molecule has 2 aliphatic rings. The molecule has 0 spiro atoms. The predicted molar refractivity (Wildman–Crippen MR) is 118 cm³/mol. The molecule has 1 saturated heterocycles. The molecule has 0 radical (unpaired) electrons. The standard InChI is InChI=1S/C20H20ClN3O2S2/c21-15-4-1-2-5-16(15)22-18(25)12-28-20(27)23-9-13-8-14(11-23)17-6-3-7-19(26)24(17)10-13/h1-7,13-14H,8-12H2,(H,22,25)/t13-,14-/m1/s1. The third-order valence-corrected chi connectivity index (χ3v) is 7.07. The van der Waals surface area contributed by atoms with Crippen LogP contribution in [0.5, 0.6) is 0 Å². The maximum absolute atomic E-state index is 12.2. The smallest absolute Gasteiger partial charge is 0.250 e. The molecule has 0 saturated carbocycles. The number of anilines is 1. The van der Waals surface area contributed by atoms with Crippen molar-refractivity contribution in [2.75, 3.05) is 24.2 Å². The molecular weight excluding hydrogens is 414 g/mol. The Morgan fingerprint density at radius 2 is 2.00 bits per heavy atom. The van der Waals surface area contributed by atoms with Crippen molar-refractivity contribution >= 4 is 51.5 Å². The zero-order chi connectivity index (χ0) is 19.7. The highest BCUT2D eigenvalue weighted by atomic mass is 35.5. The number of nitrogens with one attached hydrogen (secondary N) is 1. The third kappa shape index (κ3) is 4.11. The van der Waals surface area contributed by atoms with Crippen LogP contribution in [-0.2, 0) is 11.3 Å². The highest BCUT2D eigenvalue weighted by Crippen LogP contribution is 2.36. The summed E-state index contributed by atoms with van der Waals surface area (Å²) < 4.78 is 2.64. The van der Waals surface area contributed by atoms with E-state index in [2.05, 4.69) is 10.2 Å². The number of rotatable bonds is 3. The molecule has 5 nitrogen and oxygen atoms in total. The van der Waals surface area contributed by atoms with Crippen molar-refractivity contribution in [3.05, 3.63) is 63.5 Å². The molecule has 1 N–H and O–H groups in total. The van der Waals surface area contributed by atoms with Gasteiger partial charge < -0.3 is 14.8 Å². The van der Waals surface area contributed by atoms with E-state index in [9.17, 15) is 9.59 Å². The summed E-state index contributed by atoms with van der Waals surface area (Å²) in [5.74, 6) is 0.819. The van der Waals surface area contributed by atoms with Crippen LogP contribution < -0.4 is 10.9 Å². The second-order valence-corrected chi connectivity index (χ2v) is 9.20. The lowest BCUT2D eigenvalue weighted by atomic mass is 9.83. The fourth-order valence-electron chi connectivity index (χ4n) is 4.01. The van der Waals surface area contributed by atoms with Crippen molar-refractivity contribution in [2.45, 2.75) is 18.9 Å². The number of hydrogen-bond acceptors (Lipinski definition) is 4. The van der Waals surface area contributed by atoms with E-state index in [4.69, 9.17) is 23.8 Å². The zero-order valence-electron chi connectivity index (χ0n) is 15.1. The van der Waals surface area contributed by atoms with E-state index in [-0.39, 0.29) is 17.2 Å². The van der Waals surface area contributed by atoms with E-state index in [1.165, 1.54) is 11.8 Å². The number of hydrogen-bond donors (Lipinski definition) is 1. The number of benzene rings is 1. The summed E-state index contributed by atoms with van der Waals surface area (Å²) in [4.78, 5) is 26.6. The first-order valence-electron chi connectivity index (χ1n) is 9.17. The minimum atomic E-state index is -0.130. The monoisotopic (exact) mass is 433 g/mol. The molecule has 1 aromatic heterocycles. The van der Waals surface area contributed by atoms with Crippen LogP contribution in [0.2, 0.25) is 5.02 Å². The molecule has 1 fully saturated rings. The van der Waals surface area contributed by atoms with E-state index in [0.717, 1.165) is 36.1 Å². The average Bonchev–Trinajstić information content (AvgIpc) is 2.68. The lowest BCUT2D eigenvalue weighted by Crippen LogP contribution is -2.48. The van der Waals surface area contributed by atoms with Crippen LogP contribution in [0.15, 0.2) is 47.3 Å². The summed E-state index contributed by atoms with van der Waals surface area (Å²) in [5.41, 5.74) is 1.78. The van der Waals surface area contributed by atoms with Gasteiger partial charge in [-0.05, 0) is 30.5 Å². The number of carbonyl (C=O) groups excluding carboxylic acids is 1. The number of para-hydroxylation sites is 1. The SMILES string of the molecule is O=C(CSC(=S)N1C[C@H]2C[C@H](C1)c1cccc(=O)n1C2)Nc1ccccc1Cl. The molecular formula is C20H20ClN3O2S2. The molecule has 2 bridgehead atoms. The fourth-order valence-corrected chi connectivity index (χ4v) is 5.18. The van der Waals surface area contributed by atoms with Crippen LogP contribution in [0.25, 0.3) is 0 Å². The van der Waals surface area contributed by atoms with E-state index < -0.39 is 0 Å². The minimum Gasteiger partial charge on any atom is -0.356 e. The van der Waals surface area contributed by atoms with Crippen molar-refractivity contribution in [2.24, 2.45) is 5.92 Å². The van der Waals surface area contributed by atoms with Gasteiger partial charge in [0, 0.05) is 37.3 Å². The van der Waals surface area contributed by atoms with Gasteiger partial charge in [-0.15, -0.1) is 0 Å². The van der Waals surface area contributed by atoms with Crippen molar-refractivity contribution in [3.8, 4) is 0 Å². The molecule has 2 atom stereocenters. The number of thioether (sulfide) groups is 1. The zero-order valence-corrected chi connectivity index (χ0v) is 17.5. The van der Waals surface area contributed by atoms with Gasteiger partial charge in [0.05, 0.1) is 16.5 Å². The molecule has 28 heavy (non-hydrogen) atoms. The van der Waals surface area contributed by atoms with Gasteiger partial charge in [-0.2, -0.15) is 0 Å². The van der Waals surface area contributed by atoms with Crippen molar-refractivity contribution in [3.63, 3.8) is 0 Å². The fraction of sp³-hybridized carbons (Fsp3) is 0.350. The van der Waals surface area contributed by atoms with Gasteiger partial charge in [-0.1, -0.05) is 53.8 Å². The molecule has 0 unspecified atom stereocenters. The number of nitrogens with zero attached hydrogens (tertiary/aromatic N) is 2. The first kappa shape index (κ1) is 19.5. The third-order valence-electron chi connectivity index (χ3n) is 5.21. The number of amides is 1. The van der Waals surface area contributed by atoms with Crippen LogP contribution in [-0.4, -0.2) is 38.5 Å². The lowest BCUT2D eigenvalue weighted by molar-refractivity contribution is -0.113. The summed E-state index contributed by atoms with van der Waals surface area (Å²) in [6, 6.07) is 12.7. The Morgan fingerprint density at radius 3 is 2.82 bits per heavy atom. The number of likely N-dealkylation sites (tertiary alicyclic amines) is 1. The summed E-state index contributed by atoms with van der Waals surface area (Å²) >= 11 is 13.1. The van der Waals surface area contributed by atoms with Crippen molar-refractivity contribution in [1.29, 1.82) is 0 Å². The number of fused-ring (bicyclic) bond motifs is 4. The molecule has 0 aliphatic carbocycles. The van der Waals surface area contributed by atoms with Crippen molar-refractivity contribution in [1.82, 2.24) is 9.47 Å². The topological polar surface area (TPSA) is 54.3 Å². The van der Waals surface area contributed by atoms with Crippen LogP contribution in [0.4, 0.5) is 5.69 Å². The largest absolute Gasteiger partial charge is 0.356 e. The Balaban J connectivity index is 1.36. The van der Waals surface area contributed by atoms with E-state index in [1.54, 1.807) is 18.2 Å². The van der Waals surface area contributed by atoms with Gasteiger partial charge in [-0.25, -0.2) is 0 Å². The highest BCUT2D eigenvalue weighted by molar-refractivity contribution is 8.23. The number of aromatic nitrogens is 1.